The van der Waals surface area contributed by atoms with Gasteiger partial charge in [0.25, 0.3) is 5.91 Å². The zero-order valence-electron chi connectivity index (χ0n) is 17.3. The molecule has 0 spiro atoms. The van der Waals surface area contributed by atoms with Crippen molar-refractivity contribution in [2.75, 3.05) is 6.54 Å². The first kappa shape index (κ1) is 20.7. The van der Waals surface area contributed by atoms with Crippen LogP contribution in [-0.2, 0) is 4.79 Å². The van der Waals surface area contributed by atoms with Gasteiger partial charge in [-0.2, -0.15) is 0 Å². The van der Waals surface area contributed by atoms with Crippen LogP contribution in [0.2, 0.25) is 0 Å². The Kier molecular flexibility index (Phi) is 6.07. The summed E-state index contributed by atoms with van der Waals surface area (Å²) in [6.07, 6.45) is 5.15. The van der Waals surface area contributed by atoms with Gasteiger partial charge in [-0.05, 0) is 47.4 Å². The summed E-state index contributed by atoms with van der Waals surface area (Å²) in [6, 6.07) is 15.5. The van der Waals surface area contributed by atoms with Gasteiger partial charge in [0.2, 0.25) is 5.91 Å². The number of aromatic nitrogens is 1. The third-order valence-corrected chi connectivity index (χ3v) is 5.54. The molecule has 3 aromatic rings. The van der Waals surface area contributed by atoms with E-state index in [1.807, 2.05) is 18.2 Å². The van der Waals surface area contributed by atoms with Crippen LogP contribution in [0.25, 0.3) is 0 Å². The summed E-state index contributed by atoms with van der Waals surface area (Å²) in [5.74, 6) is -0.814. The topological polar surface area (TPSA) is 62.3 Å². The molecule has 158 valence electrons. The second kappa shape index (κ2) is 9.08. The first-order valence-electron chi connectivity index (χ1n) is 10.5. The highest BCUT2D eigenvalue weighted by molar-refractivity contribution is 6.05. The number of fused-ring (bicyclic) bond motifs is 1. The number of halogens is 1. The molecule has 0 saturated carbocycles. The van der Waals surface area contributed by atoms with Crippen LogP contribution >= 0.6 is 0 Å². The smallest absolute Gasteiger partial charge is 0.255 e. The third kappa shape index (κ3) is 4.06. The van der Waals surface area contributed by atoms with Crippen LogP contribution in [0, 0.1) is 5.82 Å². The first-order chi connectivity index (χ1) is 15.1. The van der Waals surface area contributed by atoms with E-state index in [9.17, 15) is 14.0 Å². The Bertz CT molecular complexity index is 1070. The highest BCUT2D eigenvalue weighted by Gasteiger charge is 2.45. The van der Waals surface area contributed by atoms with Crippen molar-refractivity contribution < 1.29 is 14.0 Å². The maximum Gasteiger partial charge on any atom is 0.255 e. The molecule has 1 aromatic heterocycles. The number of nitrogens with one attached hydrogen (secondary N) is 1. The fourth-order valence-electron chi connectivity index (χ4n) is 4.05. The minimum atomic E-state index is -0.782. The van der Waals surface area contributed by atoms with Crippen molar-refractivity contribution in [2.45, 2.75) is 31.8 Å². The summed E-state index contributed by atoms with van der Waals surface area (Å²) in [7, 11) is 0. The Morgan fingerprint density at radius 2 is 1.87 bits per heavy atom. The molecule has 2 unspecified atom stereocenters. The molecule has 2 amide bonds. The Hall–Kier alpha value is -3.54. The van der Waals surface area contributed by atoms with E-state index in [2.05, 4.69) is 17.2 Å². The molecule has 1 aliphatic heterocycles. The number of rotatable bonds is 7. The summed E-state index contributed by atoms with van der Waals surface area (Å²) in [6.45, 7) is 2.60. The zero-order valence-corrected chi connectivity index (χ0v) is 17.3. The van der Waals surface area contributed by atoms with E-state index in [0.29, 0.717) is 23.2 Å². The molecule has 0 fully saturated rings. The van der Waals surface area contributed by atoms with Crippen molar-refractivity contribution in [2.24, 2.45) is 0 Å². The normalized spacial score (nSPS) is 16.1. The van der Waals surface area contributed by atoms with Crippen LogP contribution in [0.1, 0.15) is 58.9 Å². The minimum absolute atomic E-state index is 0.220. The summed E-state index contributed by atoms with van der Waals surface area (Å²) in [5.41, 5.74) is 2.65. The molecular weight excluding hydrogens is 393 g/mol. The van der Waals surface area contributed by atoms with Gasteiger partial charge in [0.15, 0.2) is 0 Å². The van der Waals surface area contributed by atoms with Crippen molar-refractivity contribution in [3.8, 4) is 0 Å². The number of carbonyl (C=O) groups excluding carboxylic acids is 2. The molecule has 0 radical (unpaired) electrons. The van der Waals surface area contributed by atoms with Crippen LogP contribution < -0.4 is 5.32 Å². The van der Waals surface area contributed by atoms with Gasteiger partial charge in [0.1, 0.15) is 11.9 Å². The molecule has 5 nitrogen and oxygen atoms in total. The van der Waals surface area contributed by atoms with Crippen LogP contribution in [0.5, 0.6) is 0 Å². The van der Waals surface area contributed by atoms with Gasteiger partial charge in [-0.15, -0.1) is 0 Å². The van der Waals surface area contributed by atoms with Crippen molar-refractivity contribution >= 4 is 11.8 Å². The largest absolute Gasteiger partial charge is 0.354 e. The van der Waals surface area contributed by atoms with Gasteiger partial charge in [-0.25, -0.2) is 4.39 Å². The third-order valence-electron chi connectivity index (χ3n) is 5.54. The van der Waals surface area contributed by atoms with Crippen molar-refractivity contribution in [3.05, 3.63) is 101 Å². The van der Waals surface area contributed by atoms with Gasteiger partial charge in [-0.1, -0.05) is 49.7 Å². The zero-order chi connectivity index (χ0) is 21.8. The summed E-state index contributed by atoms with van der Waals surface area (Å²) in [5, 5.41) is 2.98. The van der Waals surface area contributed by atoms with Gasteiger partial charge in [0, 0.05) is 24.5 Å². The maximum absolute atomic E-state index is 13.6. The van der Waals surface area contributed by atoms with E-state index in [1.54, 1.807) is 47.6 Å². The fraction of sp³-hybridized carbons (Fsp3) is 0.240. The molecule has 0 bridgehead atoms. The Morgan fingerprint density at radius 1 is 1.10 bits per heavy atom. The van der Waals surface area contributed by atoms with Crippen molar-refractivity contribution in [1.82, 2.24) is 15.2 Å². The number of nitrogens with zero attached hydrogens (tertiary/aromatic N) is 2. The van der Waals surface area contributed by atoms with Gasteiger partial charge < -0.3 is 10.2 Å². The lowest BCUT2D eigenvalue weighted by molar-refractivity contribution is -0.126. The second-order valence-electron chi connectivity index (χ2n) is 7.59. The maximum atomic E-state index is 13.6. The van der Waals surface area contributed by atoms with Gasteiger partial charge in [-0.3, -0.25) is 14.6 Å². The highest BCUT2D eigenvalue weighted by Crippen LogP contribution is 2.42. The SMILES string of the molecule is CCCCNC(=O)C1c2ccccc2C(=O)N1C(c1ccc(F)cc1)c1cccnc1. The van der Waals surface area contributed by atoms with Crippen LogP contribution in [0.3, 0.4) is 0 Å². The Balaban J connectivity index is 1.82. The van der Waals surface area contributed by atoms with E-state index in [-0.39, 0.29) is 17.6 Å². The Morgan fingerprint density at radius 3 is 2.58 bits per heavy atom. The second-order valence-corrected chi connectivity index (χ2v) is 7.59. The number of pyridine rings is 1. The quantitative estimate of drug-likeness (QED) is 0.579. The molecule has 0 aliphatic carbocycles. The molecule has 6 heteroatoms. The van der Waals surface area contributed by atoms with E-state index in [1.165, 1.54) is 12.1 Å². The number of hydrogen-bond acceptors (Lipinski definition) is 3. The number of unbranched alkanes of at least 4 members (excludes halogenated alkanes) is 1. The molecule has 4 rings (SSSR count). The number of hydrogen-bond donors (Lipinski definition) is 1. The summed E-state index contributed by atoms with van der Waals surface area (Å²) >= 11 is 0. The van der Waals surface area contributed by atoms with E-state index in [4.69, 9.17) is 0 Å². The molecule has 1 N–H and O–H groups in total. The van der Waals surface area contributed by atoms with Gasteiger partial charge >= 0.3 is 0 Å². The number of carbonyl (C=O) groups is 2. The molecule has 2 aromatic carbocycles. The van der Waals surface area contributed by atoms with E-state index in [0.717, 1.165) is 18.4 Å². The first-order valence-corrected chi connectivity index (χ1v) is 10.5. The number of amides is 2. The monoisotopic (exact) mass is 417 g/mol. The predicted octanol–water partition coefficient (Wildman–Crippen LogP) is 4.42. The van der Waals surface area contributed by atoms with Crippen molar-refractivity contribution in [3.63, 3.8) is 0 Å². The van der Waals surface area contributed by atoms with Gasteiger partial charge in [0.05, 0.1) is 6.04 Å². The lowest BCUT2D eigenvalue weighted by Gasteiger charge is -2.33. The van der Waals surface area contributed by atoms with Crippen LogP contribution in [0.15, 0.2) is 73.1 Å². The lowest BCUT2D eigenvalue weighted by Crippen LogP contribution is -2.41. The molecule has 2 heterocycles. The van der Waals surface area contributed by atoms with Crippen molar-refractivity contribution in [1.29, 1.82) is 0 Å². The molecule has 2 atom stereocenters. The van der Waals surface area contributed by atoms with E-state index >= 15 is 0 Å². The average Bonchev–Trinajstić information content (AvgIpc) is 3.09. The predicted molar refractivity (Wildman–Crippen MR) is 116 cm³/mol. The molecule has 0 saturated heterocycles. The summed E-state index contributed by atoms with van der Waals surface area (Å²) < 4.78 is 13.6. The highest BCUT2D eigenvalue weighted by atomic mass is 19.1. The average molecular weight is 417 g/mol. The fourth-order valence-corrected chi connectivity index (χ4v) is 4.05. The number of benzene rings is 2. The summed E-state index contributed by atoms with van der Waals surface area (Å²) in [4.78, 5) is 32.6. The molecular formula is C25H24FN3O2. The van der Waals surface area contributed by atoms with Crippen LogP contribution in [-0.4, -0.2) is 28.2 Å². The molecule has 31 heavy (non-hydrogen) atoms. The van der Waals surface area contributed by atoms with Crippen LogP contribution in [0.4, 0.5) is 4.39 Å². The lowest BCUT2D eigenvalue weighted by atomic mass is 9.96. The minimum Gasteiger partial charge on any atom is -0.354 e. The van der Waals surface area contributed by atoms with E-state index < -0.39 is 12.1 Å². The molecule has 1 aliphatic rings. The Labute approximate surface area is 180 Å². The standard InChI is InChI=1S/C25H24FN3O2/c1-2-3-15-28-24(30)23-20-8-4-5-9-21(20)25(31)29(23)22(18-7-6-14-27-16-18)17-10-12-19(26)13-11-17/h4-14,16,22-23H,2-3,15H2,1H3,(H,28,30).